The standard InChI is InChI=1S/C14H14FN3O/c1-8(2)18-11-9-6-4-5-7-10(9)16-13(15)12(11)17(3)14(18)19/h4-8H,1-3H3. The van der Waals surface area contributed by atoms with Gasteiger partial charge >= 0.3 is 5.69 Å². The van der Waals surface area contributed by atoms with E-state index in [0.717, 1.165) is 5.39 Å². The van der Waals surface area contributed by atoms with Gasteiger partial charge in [-0.15, -0.1) is 0 Å². The number of halogens is 1. The van der Waals surface area contributed by atoms with Gasteiger partial charge in [0, 0.05) is 18.5 Å². The van der Waals surface area contributed by atoms with Crippen LogP contribution in [0.25, 0.3) is 21.9 Å². The highest BCUT2D eigenvalue weighted by atomic mass is 19.1. The van der Waals surface area contributed by atoms with E-state index >= 15 is 0 Å². The van der Waals surface area contributed by atoms with E-state index in [1.54, 1.807) is 23.7 Å². The SMILES string of the molecule is CC(C)n1c(=O)n(C)c2c(F)nc3ccccc3c21. The third kappa shape index (κ3) is 1.51. The highest BCUT2D eigenvalue weighted by Gasteiger charge is 2.19. The molecule has 0 radical (unpaired) electrons. The van der Waals surface area contributed by atoms with Crippen LogP contribution in [-0.2, 0) is 7.05 Å². The Morgan fingerprint density at radius 3 is 2.58 bits per heavy atom. The molecule has 0 amide bonds. The molecule has 0 saturated carbocycles. The van der Waals surface area contributed by atoms with Crippen LogP contribution in [0.4, 0.5) is 4.39 Å². The number of rotatable bonds is 1. The molecule has 5 heteroatoms. The Bertz CT molecular complexity index is 845. The summed E-state index contributed by atoms with van der Waals surface area (Å²) < 4.78 is 17.1. The van der Waals surface area contributed by atoms with Crippen LogP contribution in [-0.4, -0.2) is 14.1 Å². The molecule has 4 nitrogen and oxygen atoms in total. The molecule has 0 aliphatic carbocycles. The van der Waals surface area contributed by atoms with Crippen molar-refractivity contribution in [2.24, 2.45) is 7.05 Å². The molecule has 0 unspecified atom stereocenters. The molecule has 3 rings (SSSR count). The minimum Gasteiger partial charge on any atom is -0.291 e. The predicted molar refractivity (Wildman–Crippen MR) is 72.8 cm³/mol. The zero-order chi connectivity index (χ0) is 13.7. The lowest BCUT2D eigenvalue weighted by Gasteiger charge is -2.08. The Hall–Kier alpha value is -2.17. The molecule has 2 heterocycles. The largest absolute Gasteiger partial charge is 0.329 e. The van der Waals surface area contributed by atoms with Gasteiger partial charge in [-0.2, -0.15) is 4.39 Å². The maximum absolute atomic E-state index is 14.1. The molecule has 98 valence electrons. The lowest BCUT2D eigenvalue weighted by Crippen LogP contribution is -2.23. The first kappa shape index (κ1) is 11.9. The van der Waals surface area contributed by atoms with Gasteiger partial charge in [0.2, 0.25) is 5.95 Å². The van der Waals surface area contributed by atoms with Gasteiger partial charge in [-0.1, -0.05) is 18.2 Å². The van der Waals surface area contributed by atoms with E-state index in [1.165, 1.54) is 4.57 Å². The molecular formula is C14H14FN3O. The zero-order valence-electron chi connectivity index (χ0n) is 11.0. The molecule has 0 N–H and O–H groups in total. The van der Waals surface area contributed by atoms with Gasteiger partial charge in [-0.25, -0.2) is 9.78 Å². The van der Waals surface area contributed by atoms with Crippen molar-refractivity contribution in [1.82, 2.24) is 14.1 Å². The molecule has 3 aromatic rings. The van der Waals surface area contributed by atoms with E-state index in [-0.39, 0.29) is 17.2 Å². The van der Waals surface area contributed by atoms with Crippen molar-refractivity contribution < 1.29 is 4.39 Å². The van der Waals surface area contributed by atoms with Crippen LogP contribution in [0.3, 0.4) is 0 Å². The fourth-order valence-electron chi connectivity index (χ4n) is 2.53. The summed E-state index contributed by atoms with van der Waals surface area (Å²) in [5, 5.41) is 0.797. The van der Waals surface area contributed by atoms with Crippen molar-refractivity contribution in [3.05, 3.63) is 40.7 Å². The van der Waals surface area contributed by atoms with Crippen molar-refractivity contribution in [3.8, 4) is 0 Å². The number of hydrogen-bond acceptors (Lipinski definition) is 2. The van der Waals surface area contributed by atoms with Gasteiger partial charge in [0.15, 0.2) is 0 Å². The molecule has 0 bridgehead atoms. The molecule has 1 aromatic carbocycles. The maximum atomic E-state index is 14.1. The number of hydrogen-bond donors (Lipinski definition) is 0. The van der Waals surface area contributed by atoms with E-state index in [9.17, 15) is 9.18 Å². The topological polar surface area (TPSA) is 39.8 Å². The number of pyridine rings is 1. The normalized spacial score (nSPS) is 11.8. The Morgan fingerprint density at radius 2 is 1.89 bits per heavy atom. The maximum Gasteiger partial charge on any atom is 0.329 e. The molecule has 0 atom stereocenters. The smallest absolute Gasteiger partial charge is 0.291 e. The van der Waals surface area contributed by atoms with Crippen LogP contribution in [0.2, 0.25) is 0 Å². The van der Waals surface area contributed by atoms with Gasteiger partial charge in [-0.05, 0) is 19.9 Å². The molecule has 2 aromatic heterocycles. The summed E-state index contributed by atoms with van der Waals surface area (Å²) in [7, 11) is 1.57. The summed E-state index contributed by atoms with van der Waals surface area (Å²) in [5.41, 5.74) is 1.22. The molecule has 0 saturated heterocycles. The minimum absolute atomic E-state index is 0.0404. The highest BCUT2D eigenvalue weighted by molar-refractivity contribution is 6.02. The van der Waals surface area contributed by atoms with E-state index < -0.39 is 5.95 Å². The number of nitrogens with zero attached hydrogens (tertiary/aromatic N) is 3. The van der Waals surface area contributed by atoms with Gasteiger partial charge < -0.3 is 0 Å². The summed E-state index contributed by atoms with van der Waals surface area (Å²) in [4.78, 5) is 16.2. The van der Waals surface area contributed by atoms with Crippen LogP contribution < -0.4 is 5.69 Å². The Labute approximate surface area is 109 Å². The first-order valence-corrected chi connectivity index (χ1v) is 6.17. The van der Waals surface area contributed by atoms with Crippen LogP contribution >= 0.6 is 0 Å². The zero-order valence-corrected chi connectivity index (χ0v) is 11.0. The molecule has 19 heavy (non-hydrogen) atoms. The first-order chi connectivity index (χ1) is 9.02. The number of benzene rings is 1. The molecule has 0 aliphatic heterocycles. The summed E-state index contributed by atoms with van der Waals surface area (Å²) in [6, 6.07) is 7.24. The van der Waals surface area contributed by atoms with Gasteiger partial charge in [-0.3, -0.25) is 9.13 Å². The van der Waals surface area contributed by atoms with Gasteiger partial charge in [0.05, 0.1) is 11.0 Å². The molecule has 0 fully saturated rings. The third-order valence-corrected chi connectivity index (χ3v) is 3.38. The van der Waals surface area contributed by atoms with Crippen molar-refractivity contribution in [2.75, 3.05) is 0 Å². The van der Waals surface area contributed by atoms with Gasteiger partial charge in [0.1, 0.15) is 5.52 Å². The average molecular weight is 259 g/mol. The second-order valence-electron chi connectivity index (χ2n) is 4.92. The number of aryl methyl sites for hydroxylation is 1. The second-order valence-corrected chi connectivity index (χ2v) is 4.92. The quantitative estimate of drug-likeness (QED) is 0.630. The van der Waals surface area contributed by atoms with E-state index in [2.05, 4.69) is 4.98 Å². The third-order valence-electron chi connectivity index (χ3n) is 3.38. The highest BCUT2D eigenvalue weighted by Crippen LogP contribution is 2.26. The van der Waals surface area contributed by atoms with E-state index in [4.69, 9.17) is 0 Å². The van der Waals surface area contributed by atoms with Crippen molar-refractivity contribution in [3.63, 3.8) is 0 Å². The minimum atomic E-state index is -0.604. The van der Waals surface area contributed by atoms with Crippen molar-refractivity contribution >= 4 is 21.9 Å². The van der Waals surface area contributed by atoms with Crippen molar-refractivity contribution in [1.29, 1.82) is 0 Å². The number of para-hydroxylation sites is 1. The average Bonchev–Trinajstić information content (AvgIpc) is 2.63. The summed E-state index contributed by atoms with van der Waals surface area (Å²) in [6.45, 7) is 3.82. The Kier molecular flexibility index (Phi) is 2.45. The monoisotopic (exact) mass is 259 g/mol. The van der Waals surface area contributed by atoms with Gasteiger partial charge in [0.25, 0.3) is 0 Å². The van der Waals surface area contributed by atoms with E-state index in [1.807, 2.05) is 26.0 Å². The lowest BCUT2D eigenvalue weighted by atomic mass is 10.2. The Balaban J connectivity index is 2.70. The summed E-state index contributed by atoms with van der Waals surface area (Å²) >= 11 is 0. The van der Waals surface area contributed by atoms with Crippen LogP contribution in [0.1, 0.15) is 19.9 Å². The first-order valence-electron chi connectivity index (χ1n) is 6.17. The second kappa shape index (κ2) is 3.91. The Morgan fingerprint density at radius 1 is 1.21 bits per heavy atom. The molecule has 0 aliphatic rings. The van der Waals surface area contributed by atoms with E-state index in [0.29, 0.717) is 11.0 Å². The predicted octanol–water partition coefficient (Wildman–Crippen LogP) is 2.61. The van der Waals surface area contributed by atoms with Crippen LogP contribution in [0, 0.1) is 5.95 Å². The van der Waals surface area contributed by atoms with Crippen molar-refractivity contribution in [2.45, 2.75) is 19.9 Å². The fraction of sp³-hybridized carbons (Fsp3) is 0.286. The number of aromatic nitrogens is 3. The molecular weight excluding hydrogens is 245 g/mol. The number of fused-ring (bicyclic) bond motifs is 3. The van der Waals surface area contributed by atoms with Crippen LogP contribution in [0.15, 0.2) is 29.1 Å². The summed E-state index contributed by atoms with van der Waals surface area (Å²) in [6.07, 6.45) is 0. The molecule has 0 spiro atoms. The number of imidazole rings is 1. The summed E-state index contributed by atoms with van der Waals surface area (Å²) in [5.74, 6) is -0.604. The fourth-order valence-corrected chi connectivity index (χ4v) is 2.53. The lowest BCUT2D eigenvalue weighted by molar-refractivity contribution is 0.581. The van der Waals surface area contributed by atoms with Crippen LogP contribution in [0.5, 0.6) is 0 Å².